The van der Waals surface area contributed by atoms with Crippen molar-refractivity contribution in [2.45, 2.75) is 48.0 Å². The van der Waals surface area contributed by atoms with Crippen LogP contribution in [0.25, 0.3) is 0 Å². The SMILES string of the molecule is CNS(=O)(=O)c1cccc(OCCCNC2COC3(CCN(S(=O)(=O)Cc4ccccc4)CC3)C2)c1. The fourth-order valence-electron chi connectivity index (χ4n) is 4.79. The topological polar surface area (TPSA) is 114 Å². The molecule has 11 heteroatoms. The number of hydrogen-bond acceptors (Lipinski definition) is 7. The first kappa shape index (κ1) is 27.0. The standard InChI is InChI=1S/C25H35N3O6S2/c1-26-36(31,32)24-10-5-9-23(17-24)33-16-6-13-27-22-18-25(34-19-22)11-14-28(15-12-25)35(29,30)20-21-7-3-2-4-8-21/h2-5,7-10,17,22,26-27H,6,11-16,18-20H2,1H3. The highest BCUT2D eigenvalue weighted by Crippen LogP contribution is 2.37. The molecule has 198 valence electrons. The Morgan fingerprint density at radius 3 is 2.53 bits per heavy atom. The van der Waals surface area contributed by atoms with Crippen LogP contribution in [0.1, 0.15) is 31.2 Å². The van der Waals surface area contributed by atoms with E-state index < -0.39 is 20.0 Å². The van der Waals surface area contributed by atoms with Gasteiger partial charge in [0.25, 0.3) is 0 Å². The molecule has 0 aliphatic carbocycles. The van der Waals surface area contributed by atoms with Gasteiger partial charge in [0.1, 0.15) is 5.75 Å². The molecule has 2 aliphatic rings. The highest BCUT2D eigenvalue weighted by molar-refractivity contribution is 7.89. The van der Waals surface area contributed by atoms with Crippen LogP contribution in [0.5, 0.6) is 5.75 Å². The number of sulfonamides is 2. The summed E-state index contributed by atoms with van der Waals surface area (Å²) in [6, 6.07) is 15.9. The van der Waals surface area contributed by atoms with Crippen molar-refractivity contribution in [3.8, 4) is 5.75 Å². The van der Waals surface area contributed by atoms with Crippen LogP contribution in [0, 0.1) is 0 Å². The predicted molar refractivity (Wildman–Crippen MR) is 138 cm³/mol. The summed E-state index contributed by atoms with van der Waals surface area (Å²) in [6.07, 6.45) is 3.03. The van der Waals surface area contributed by atoms with Gasteiger partial charge in [0.05, 0.1) is 29.5 Å². The minimum absolute atomic E-state index is 0.0313. The molecule has 2 aliphatic heterocycles. The molecule has 0 aromatic heterocycles. The van der Waals surface area contributed by atoms with Crippen LogP contribution in [-0.2, 0) is 30.5 Å². The van der Waals surface area contributed by atoms with Gasteiger partial charge >= 0.3 is 0 Å². The third-order valence-corrected chi connectivity index (χ3v) is 10.1. The molecule has 0 radical (unpaired) electrons. The van der Waals surface area contributed by atoms with Crippen molar-refractivity contribution in [3.05, 3.63) is 60.2 Å². The second kappa shape index (κ2) is 11.6. The Morgan fingerprint density at radius 2 is 1.81 bits per heavy atom. The van der Waals surface area contributed by atoms with Crippen molar-refractivity contribution >= 4 is 20.0 Å². The maximum Gasteiger partial charge on any atom is 0.240 e. The van der Waals surface area contributed by atoms with E-state index in [1.165, 1.54) is 19.2 Å². The lowest BCUT2D eigenvalue weighted by atomic mass is 9.88. The normalized spacial score (nSPS) is 20.5. The summed E-state index contributed by atoms with van der Waals surface area (Å²) < 4.78 is 65.3. The summed E-state index contributed by atoms with van der Waals surface area (Å²) in [5, 5.41) is 3.52. The van der Waals surface area contributed by atoms with Gasteiger partial charge < -0.3 is 14.8 Å². The summed E-state index contributed by atoms with van der Waals surface area (Å²) in [5.41, 5.74) is 0.547. The molecule has 1 spiro atoms. The lowest BCUT2D eigenvalue weighted by Gasteiger charge is -2.38. The Morgan fingerprint density at radius 1 is 1.06 bits per heavy atom. The zero-order valence-corrected chi connectivity index (χ0v) is 22.2. The number of hydrogen-bond donors (Lipinski definition) is 2. The van der Waals surface area contributed by atoms with E-state index in [0.29, 0.717) is 44.9 Å². The van der Waals surface area contributed by atoms with Crippen LogP contribution in [0.3, 0.4) is 0 Å². The minimum atomic E-state index is -3.50. The van der Waals surface area contributed by atoms with Crippen molar-refractivity contribution in [2.75, 3.05) is 39.9 Å². The van der Waals surface area contributed by atoms with Gasteiger partial charge in [0.15, 0.2) is 0 Å². The van der Waals surface area contributed by atoms with Crippen molar-refractivity contribution in [2.24, 2.45) is 0 Å². The van der Waals surface area contributed by atoms with Crippen molar-refractivity contribution in [1.29, 1.82) is 0 Å². The molecule has 1 atom stereocenters. The second-order valence-electron chi connectivity index (χ2n) is 9.37. The number of piperidine rings is 1. The van der Waals surface area contributed by atoms with Crippen LogP contribution in [0.4, 0.5) is 0 Å². The van der Waals surface area contributed by atoms with E-state index in [-0.39, 0.29) is 22.3 Å². The maximum atomic E-state index is 12.8. The molecule has 1 unspecified atom stereocenters. The van der Waals surface area contributed by atoms with Gasteiger partial charge in [-0.2, -0.15) is 0 Å². The molecule has 9 nitrogen and oxygen atoms in total. The number of rotatable bonds is 11. The lowest BCUT2D eigenvalue weighted by Crippen LogP contribution is -2.47. The first-order valence-electron chi connectivity index (χ1n) is 12.3. The van der Waals surface area contributed by atoms with Gasteiger partial charge in [-0.05, 0) is 57.0 Å². The van der Waals surface area contributed by atoms with Crippen LogP contribution in [-0.4, -0.2) is 72.7 Å². The van der Waals surface area contributed by atoms with Crippen LogP contribution < -0.4 is 14.8 Å². The van der Waals surface area contributed by atoms with Gasteiger partial charge in [0, 0.05) is 25.2 Å². The highest BCUT2D eigenvalue weighted by atomic mass is 32.2. The van der Waals surface area contributed by atoms with Crippen molar-refractivity contribution in [1.82, 2.24) is 14.3 Å². The number of ether oxygens (including phenoxy) is 2. The van der Waals surface area contributed by atoms with Crippen LogP contribution in [0.2, 0.25) is 0 Å². The predicted octanol–water partition coefficient (Wildman–Crippen LogP) is 2.11. The zero-order valence-electron chi connectivity index (χ0n) is 20.6. The van der Waals surface area contributed by atoms with E-state index in [9.17, 15) is 16.8 Å². The third kappa shape index (κ3) is 6.84. The average molecular weight is 538 g/mol. The first-order valence-corrected chi connectivity index (χ1v) is 15.4. The fourth-order valence-corrected chi connectivity index (χ4v) is 7.09. The van der Waals surface area contributed by atoms with Crippen molar-refractivity contribution in [3.63, 3.8) is 0 Å². The Bertz CT molecular complexity index is 1210. The second-order valence-corrected chi connectivity index (χ2v) is 13.2. The van der Waals surface area contributed by atoms with E-state index in [0.717, 1.165) is 24.9 Å². The number of nitrogens with zero attached hydrogens (tertiary/aromatic N) is 1. The molecule has 0 bridgehead atoms. The Kier molecular flexibility index (Phi) is 8.69. The summed E-state index contributed by atoms with van der Waals surface area (Å²) in [6.45, 7) is 2.79. The zero-order chi connectivity index (χ0) is 25.7. The fraction of sp³-hybridized carbons (Fsp3) is 0.520. The summed E-state index contributed by atoms with van der Waals surface area (Å²) in [7, 11) is -5.46. The molecule has 0 saturated carbocycles. The quantitative estimate of drug-likeness (QED) is 0.422. The summed E-state index contributed by atoms with van der Waals surface area (Å²) in [5.74, 6) is 0.548. The molecule has 0 amide bonds. The van der Waals surface area contributed by atoms with E-state index in [4.69, 9.17) is 9.47 Å². The molecule has 2 aromatic carbocycles. The van der Waals surface area contributed by atoms with Crippen molar-refractivity contribution < 1.29 is 26.3 Å². The smallest absolute Gasteiger partial charge is 0.240 e. The van der Waals surface area contributed by atoms with Gasteiger partial charge in [-0.25, -0.2) is 25.9 Å². The summed E-state index contributed by atoms with van der Waals surface area (Å²) >= 11 is 0. The number of benzene rings is 2. The molecular weight excluding hydrogens is 502 g/mol. The van der Waals surface area contributed by atoms with E-state index in [2.05, 4.69) is 10.0 Å². The van der Waals surface area contributed by atoms with Gasteiger partial charge in [0.2, 0.25) is 20.0 Å². The molecular formula is C25H35N3O6S2. The van der Waals surface area contributed by atoms with Crippen LogP contribution in [0.15, 0.2) is 59.5 Å². The maximum absolute atomic E-state index is 12.8. The van der Waals surface area contributed by atoms with Gasteiger partial charge in [-0.15, -0.1) is 0 Å². The van der Waals surface area contributed by atoms with E-state index >= 15 is 0 Å². The largest absolute Gasteiger partial charge is 0.494 e. The third-order valence-electron chi connectivity index (χ3n) is 6.84. The monoisotopic (exact) mass is 537 g/mol. The molecule has 2 heterocycles. The van der Waals surface area contributed by atoms with E-state index in [1.807, 2.05) is 30.3 Å². The first-order chi connectivity index (χ1) is 17.2. The van der Waals surface area contributed by atoms with Gasteiger partial charge in [-0.1, -0.05) is 36.4 Å². The molecule has 2 saturated heterocycles. The molecule has 4 rings (SSSR count). The van der Waals surface area contributed by atoms with E-state index in [1.54, 1.807) is 16.4 Å². The van der Waals surface area contributed by atoms with Gasteiger partial charge in [-0.3, -0.25) is 0 Å². The molecule has 2 N–H and O–H groups in total. The molecule has 2 fully saturated rings. The molecule has 2 aromatic rings. The molecule has 36 heavy (non-hydrogen) atoms. The Hall–Kier alpha value is -2.02. The minimum Gasteiger partial charge on any atom is -0.494 e. The Labute approximate surface area is 214 Å². The Balaban J connectivity index is 1.17. The number of nitrogens with one attached hydrogen (secondary N) is 2. The summed E-state index contributed by atoms with van der Waals surface area (Å²) in [4.78, 5) is 0.174. The lowest BCUT2D eigenvalue weighted by molar-refractivity contribution is -0.0312. The van der Waals surface area contributed by atoms with Crippen LogP contribution >= 0.6 is 0 Å². The average Bonchev–Trinajstić information content (AvgIpc) is 3.26. The highest BCUT2D eigenvalue weighted by Gasteiger charge is 2.44.